The Bertz CT molecular complexity index is 1100. The molecular weight excluding hydrogens is 376 g/mol. The van der Waals surface area contributed by atoms with E-state index in [1.54, 1.807) is 24.3 Å². The molecule has 4 rings (SSSR count). The predicted octanol–water partition coefficient (Wildman–Crippen LogP) is 4.15. The van der Waals surface area contributed by atoms with E-state index >= 15 is 0 Å². The summed E-state index contributed by atoms with van der Waals surface area (Å²) in [7, 11) is 0. The van der Waals surface area contributed by atoms with E-state index in [0.29, 0.717) is 11.3 Å². The summed E-state index contributed by atoms with van der Waals surface area (Å²) in [6.07, 6.45) is 4.72. The molecule has 0 bridgehead atoms. The second-order valence-corrected chi connectivity index (χ2v) is 6.95. The lowest BCUT2D eigenvalue weighted by molar-refractivity contribution is -0.115. The molecule has 0 radical (unpaired) electrons. The number of nitrogens with one attached hydrogen (secondary N) is 2. The maximum Gasteiger partial charge on any atom is 0.407 e. The van der Waals surface area contributed by atoms with E-state index in [0.717, 1.165) is 22.3 Å². The SMILES string of the molecule is C#Cc1cccc(NC(=O)CNC(=O)OCC2c3ccccc3-c3ccccc32)c1. The van der Waals surface area contributed by atoms with Crippen molar-refractivity contribution in [1.82, 2.24) is 5.32 Å². The number of fused-ring (bicyclic) bond motifs is 3. The molecule has 0 unspecified atom stereocenters. The van der Waals surface area contributed by atoms with Crippen molar-refractivity contribution in [3.05, 3.63) is 89.5 Å². The number of carbonyl (C=O) groups is 2. The van der Waals surface area contributed by atoms with E-state index in [4.69, 9.17) is 11.2 Å². The highest BCUT2D eigenvalue weighted by Gasteiger charge is 2.28. The first-order chi connectivity index (χ1) is 14.7. The Hall–Kier alpha value is -4.04. The van der Waals surface area contributed by atoms with Crippen molar-refractivity contribution in [3.63, 3.8) is 0 Å². The zero-order valence-electron chi connectivity index (χ0n) is 16.2. The van der Waals surface area contributed by atoms with Gasteiger partial charge in [-0.1, -0.05) is 60.5 Å². The Morgan fingerprint density at radius 1 is 0.933 bits per heavy atom. The first kappa shape index (κ1) is 19.3. The fraction of sp³-hybridized carbons (Fsp3) is 0.120. The maximum absolute atomic E-state index is 12.1. The van der Waals surface area contributed by atoms with Crippen LogP contribution in [0.15, 0.2) is 72.8 Å². The maximum atomic E-state index is 12.1. The number of terminal acetylenes is 1. The highest BCUT2D eigenvalue weighted by molar-refractivity contribution is 5.94. The minimum atomic E-state index is -0.635. The summed E-state index contributed by atoms with van der Waals surface area (Å²) in [4.78, 5) is 24.2. The van der Waals surface area contributed by atoms with Crippen LogP contribution in [0.25, 0.3) is 11.1 Å². The molecular formula is C25H20N2O3. The summed E-state index contributed by atoms with van der Waals surface area (Å²) in [6, 6.07) is 23.2. The summed E-state index contributed by atoms with van der Waals surface area (Å²) in [6.45, 7) is 0.00263. The minimum Gasteiger partial charge on any atom is -0.449 e. The lowest BCUT2D eigenvalue weighted by atomic mass is 9.98. The molecule has 0 saturated carbocycles. The van der Waals surface area contributed by atoms with Gasteiger partial charge in [-0.05, 0) is 40.5 Å². The molecule has 3 aromatic carbocycles. The largest absolute Gasteiger partial charge is 0.449 e. The van der Waals surface area contributed by atoms with E-state index < -0.39 is 6.09 Å². The molecule has 0 aliphatic heterocycles. The molecule has 2 N–H and O–H groups in total. The fourth-order valence-corrected chi connectivity index (χ4v) is 3.69. The fourth-order valence-electron chi connectivity index (χ4n) is 3.69. The lowest BCUT2D eigenvalue weighted by Gasteiger charge is -2.14. The van der Waals surface area contributed by atoms with Crippen molar-refractivity contribution in [3.8, 4) is 23.5 Å². The number of alkyl carbamates (subject to hydrolysis) is 1. The lowest BCUT2D eigenvalue weighted by Crippen LogP contribution is -2.34. The van der Waals surface area contributed by atoms with Gasteiger partial charge in [0, 0.05) is 17.2 Å². The molecule has 0 saturated heterocycles. The van der Waals surface area contributed by atoms with Crippen LogP contribution in [0.5, 0.6) is 0 Å². The molecule has 0 aromatic heterocycles. The normalized spacial score (nSPS) is 11.7. The van der Waals surface area contributed by atoms with Crippen LogP contribution in [0.3, 0.4) is 0 Å². The van der Waals surface area contributed by atoms with Crippen LogP contribution >= 0.6 is 0 Å². The number of benzene rings is 3. The van der Waals surface area contributed by atoms with E-state index in [9.17, 15) is 9.59 Å². The van der Waals surface area contributed by atoms with Crippen LogP contribution in [0, 0.1) is 12.3 Å². The van der Waals surface area contributed by atoms with Crippen LogP contribution in [-0.4, -0.2) is 25.2 Å². The van der Waals surface area contributed by atoms with Gasteiger partial charge in [0.05, 0.1) is 0 Å². The summed E-state index contributed by atoms with van der Waals surface area (Å²) >= 11 is 0. The van der Waals surface area contributed by atoms with Gasteiger partial charge in [-0.15, -0.1) is 6.42 Å². The predicted molar refractivity (Wildman–Crippen MR) is 116 cm³/mol. The van der Waals surface area contributed by atoms with Gasteiger partial charge in [-0.25, -0.2) is 4.79 Å². The Kier molecular flexibility index (Phi) is 5.49. The number of hydrogen-bond acceptors (Lipinski definition) is 3. The van der Waals surface area contributed by atoms with Crippen molar-refractivity contribution in [2.24, 2.45) is 0 Å². The third kappa shape index (κ3) is 4.03. The van der Waals surface area contributed by atoms with Gasteiger partial charge in [0.2, 0.25) is 5.91 Å². The smallest absolute Gasteiger partial charge is 0.407 e. The number of hydrogen-bond donors (Lipinski definition) is 2. The first-order valence-electron chi connectivity index (χ1n) is 9.61. The van der Waals surface area contributed by atoms with Gasteiger partial charge in [0.1, 0.15) is 13.2 Å². The van der Waals surface area contributed by atoms with Gasteiger partial charge >= 0.3 is 6.09 Å². The van der Waals surface area contributed by atoms with Crippen LogP contribution < -0.4 is 10.6 Å². The Morgan fingerprint density at radius 3 is 2.27 bits per heavy atom. The van der Waals surface area contributed by atoms with Crippen molar-refractivity contribution >= 4 is 17.7 Å². The number of ether oxygens (including phenoxy) is 1. The molecule has 5 heteroatoms. The highest BCUT2D eigenvalue weighted by atomic mass is 16.5. The van der Waals surface area contributed by atoms with E-state index in [2.05, 4.69) is 40.8 Å². The average Bonchev–Trinajstić information content (AvgIpc) is 3.10. The van der Waals surface area contributed by atoms with Crippen molar-refractivity contribution in [1.29, 1.82) is 0 Å². The molecule has 1 aliphatic rings. The molecule has 0 atom stereocenters. The summed E-state index contributed by atoms with van der Waals surface area (Å²) in [5, 5.41) is 5.18. The van der Waals surface area contributed by atoms with Crippen molar-refractivity contribution < 1.29 is 14.3 Å². The standard InChI is InChI=1S/C25H20N2O3/c1-2-17-8-7-9-18(14-17)27-24(28)15-26-25(29)30-16-23-21-12-5-3-10-19(21)20-11-4-6-13-22(20)23/h1,3-14,23H,15-16H2,(H,26,29)(H,27,28). The van der Waals surface area contributed by atoms with Crippen LogP contribution in [0.1, 0.15) is 22.6 Å². The zero-order valence-corrected chi connectivity index (χ0v) is 16.2. The topological polar surface area (TPSA) is 67.4 Å². The number of carbonyl (C=O) groups excluding carboxylic acids is 2. The summed E-state index contributed by atoms with van der Waals surface area (Å²) < 4.78 is 5.42. The third-order valence-electron chi connectivity index (χ3n) is 5.05. The van der Waals surface area contributed by atoms with E-state index in [1.165, 1.54) is 0 Å². The second kappa shape index (κ2) is 8.54. The van der Waals surface area contributed by atoms with Crippen LogP contribution in [-0.2, 0) is 9.53 Å². The molecule has 2 amide bonds. The third-order valence-corrected chi connectivity index (χ3v) is 5.05. The second-order valence-electron chi connectivity index (χ2n) is 6.95. The molecule has 0 heterocycles. The number of amides is 2. The summed E-state index contributed by atoms with van der Waals surface area (Å²) in [5.74, 6) is 2.12. The van der Waals surface area contributed by atoms with Crippen molar-refractivity contribution in [2.45, 2.75) is 5.92 Å². The van der Waals surface area contributed by atoms with E-state index in [-0.39, 0.29) is 25.0 Å². The van der Waals surface area contributed by atoms with Gasteiger partial charge < -0.3 is 15.4 Å². The van der Waals surface area contributed by atoms with Crippen LogP contribution in [0.4, 0.5) is 10.5 Å². The highest BCUT2D eigenvalue weighted by Crippen LogP contribution is 2.44. The van der Waals surface area contributed by atoms with Gasteiger partial charge in [0.25, 0.3) is 0 Å². The average molecular weight is 396 g/mol. The molecule has 3 aromatic rings. The van der Waals surface area contributed by atoms with Crippen molar-refractivity contribution in [2.75, 3.05) is 18.5 Å². The van der Waals surface area contributed by atoms with Crippen LogP contribution in [0.2, 0.25) is 0 Å². The number of rotatable bonds is 5. The monoisotopic (exact) mass is 396 g/mol. The molecule has 148 valence electrons. The molecule has 0 spiro atoms. The Labute approximate surface area is 175 Å². The molecule has 0 fully saturated rings. The first-order valence-corrected chi connectivity index (χ1v) is 9.61. The Balaban J connectivity index is 1.32. The van der Waals surface area contributed by atoms with E-state index in [1.807, 2.05) is 24.3 Å². The minimum absolute atomic E-state index is 0.0246. The van der Waals surface area contributed by atoms with Gasteiger partial charge in [-0.2, -0.15) is 0 Å². The molecule has 30 heavy (non-hydrogen) atoms. The quantitative estimate of drug-likeness (QED) is 0.637. The molecule has 1 aliphatic carbocycles. The van der Waals surface area contributed by atoms with Gasteiger partial charge in [-0.3, -0.25) is 4.79 Å². The number of anilines is 1. The zero-order chi connectivity index (χ0) is 20.9. The summed E-state index contributed by atoms with van der Waals surface area (Å²) in [5.41, 5.74) is 5.84. The van der Waals surface area contributed by atoms with Gasteiger partial charge in [0.15, 0.2) is 0 Å². The Morgan fingerprint density at radius 2 is 1.60 bits per heavy atom. The molecule has 5 nitrogen and oxygen atoms in total.